The van der Waals surface area contributed by atoms with Gasteiger partial charge in [0.05, 0.1) is 0 Å². The first-order chi connectivity index (χ1) is 2.00. The zero-order valence-electron chi connectivity index (χ0n) is 2.84. The molecule has 0 aliphatic carbocycles. The van der Waals surface area contributed by atoms with Crippen LogP contribution in [0.15, 0.2) is 0 Å². The van der Waals surface area contributed by atoms with Crippen LogP contribution < -0.4 is 14.7 Å². The molecule has 0 aliphatic heterocycles. The molecule has 0 amide bonds. The normalized spacial score (nSPS) is 8.43. The van der Waals surface area contributed by atoms with Crippen LogP contribution in [0, 0.1) is 0 Å². The molecule has 1 radical (unpaired) electrons. The maximum absolute atomic E-state index is 8.55. The quantitative estimate of drug-likeness (QED) is 0.341. The largest absolute Gasteiger partial charge is 3.00 e. The molecule has 0 rings (SSSR count). The number of hydrogen-bond acceptors (Lipinski definition) is 4. The van der Waals surface area contributed by atoms with Gasteiger partial charge in [-0.2, -0.15) is 7.82 Å². The van der Waals surface area contributed by atoms with Crippen molar-refractivity contribution in [1.82, 2.24) is 0 Å². The molecule has 0 spiro atoms. The van der Waals surface area contributed by atoms with Crippen LogP contribution in [0.4, 0.5) is 0 Å². The minimum absolute atomic E-state index is 0. The standard InChI is InChI=1S/Fe.Mo.H3O4P/c;;1-5(2,3)4/h;;(H3,1,2,3,4)/q+3;;/p-3. The molecule has 0 saturated heterocycles. The van der Waals surface area contributed by atoms with E-state index in [4.69, 9.17) is 19.2 Å². The smallest absolute Gasteiger partial charge is 0.822 e. The SMILES string of the molecule is O=P([O-])([O-])[O-].[Fe+3].[Mo]. The maximum atomic E-state index is 8.55. The third-order valence-corrected chi connectivity index (χ3v) is 0. The second-order valence-corrected chi connectivity index (χ2v) is 1.34. The Kier molecular flexibility index (Phi) is 12.3. The van der Waals surface area contributed by atoms with E-state index in [1.165, 1.54) is 0 Å². The van der Waals surface area contributed by atoms with Gasteiger partial charge in [0, 0.05) is 21.1 Å². The summed E-state index contributed by atoms with van der Waals surface area (Å²) in [5, 5.41) is 0. The summed E-state index contributed by atoms with van der Waals surface area (Å²) in [6, 6.07) is 0. The van der Waals surface area contributed by atoms with Gasteiger partial charge in [-0.15, -0.1) is 0 Å². The van der Waals surface area contributed by atoms with Crippen LogP contribution in [0.25, 0.3) is 0 Å². The van der Waals surface area contributed by atoms with E-state index in [1.54, 1.807) is 0 Å². The molecule has 0 bridgehead atoms. The summed E-state index contributed by atoms with van der Waals surface area (Å²) in [5.41, 5.74) is 0. The Bertz CT molecular complexity index is 57.8. The average molecular weight is 247 g/mol. The molecule has 4 nitrogen and oxygen atoms in total. The van der Waals surface area contributed by atoms with Crippen molar-refractivity contribution in [3.63, 3.8) is 0 Å². The third kappa shape index (κ3) is 119. The van der Waals surface area contributed by atoms with Gasteiger partial charge in [-0.05, 0) is 0 Å². The molecule has 0 fully saturated rings. The van der Waals surface area contributed by atoms with Gasteiger partial charge in [0.2, 0.25) is 0 Å². The zero-order valence-corrected chi connectivity index (χ0v) is 6.85. The van der Waals surface area contributed by atoms with E-state index >= 15 is 0 Å². The maximum Gasteiger partial charge on any atom is 3.00 e. The monoisotopic (exact) mass is 249 g/mol. The van der Waals surface area contributed by atoms with Crippen molar-refractivity contribution >= 4 is 7.82 Å². The summed E-state index contributed by atoms with van der Waals surface area (Å²) in [5.74, 6) is 0. The first-order valence-corrected chi connectivity index (χ1v) is 2.19. The molecule has 0 atom stereocenters. The zero-order chi connectivity index (χ0) is 4.50. The van der Waals surface area contributed by atoms with Crippen LogP contribution in [-0.2, 0) is 42.7 Å². The van der Waals surface area contributed by atoms with Crippen LogP contribution in [0.5, 0.6) is 0 Å². The second kappa shape index (κ2) is 5.45. The fourth-order valence-corrected chi connectivity index (χ4v) is 0. The van der Waals surface area contributed by atoms with Gasteiger partial charge in [-0.1, -0.05) is 0 Å². The molecule has 43 valence electrons. The van der Waals surface area contributed by atoms with Crippen LogP contribution in [-0.4, -0.2) is 0 Å². The molecule has 7 heteroatoms. The summed E-state index contributed by atoms with van der Waals surface area (Å²) in [6.45, 7) is 0. The molecule has 0 unspecified atom stereocenters. The number of phosphoric acid groups is 1. The number of rotatable bonds is 0. The van der Waals surface area contributed by atoms with Crippen LogP contribution >= 0.6 is 7.82 Å². The predicted octanol–water partition coefficient (Wildman–Crippen LogP) is -2.83. The number of hydrogen-bond donors (Lipinski definition) is 0. The minimum atomic E-state index is -5.39. The second-order valence-electron chi connectivity index (χ2n) is 0.447. The molecular formula is FeMoO4P. The third-order valence-electron chi connectivity index (χ3n) is 0. The Hall–Kier alpha value is 1.32. The molecule has 7 heavy (non-hydrogen) atoms. The van der Waals surface area contributed by atoms with Crippen molar-refractivity contribution in [2.75, 3.05) is 0 Å². The summed E-state index contributed by atoms with van der Waals surface area (Å²) in [4.78, 5) is 25.6. The average Bonchev–Trinajstić information content (AvgIpc) is 0.722. The molecule has 0 heterocycles. The van der Waals surface area contributed by atoms with E-state index in [0.29, 0.717) is 0 Å². The first kappa shape index (κ1) is 15.8. The van der Waals surface area contributed by atoms with E-state index in [0.717, 1.165) is 0 Å². The van der Waals surface area contributed by atoms with E-state index in [1.807, 2.05) is 0 Å². The van der Waals surface area contributed by atoms with Gasteiger partial charge in [0.1, 0.15) is 0 Å². The summed E-state index contributed by atoms with van der Waals surface area (Å²) < 4.78 is 8.55. The Labute approximate surface area is 65.3 Å². The summed E-state index contributed by atoms with van der Waals surface area (Å²) in [7, 11) is -5.39. The van der Waals surface area contributed by atoms with E-state index in [-0.39, 0.29) is 38.1 Å². The topological polar surface area (TPSA) is 86.2 Å². The molecule has 0 aromatic heterocycles. The van der Waals surface area contributed by atoms with Gasteiger partial charge < -0.3 is 19.2 Å². The molecule has 0 aromatic rings. The molecule has 0 aromatic carbocycles. The molecular weight excluding hydrogens is 247 g/mol. The Balaban J connectivity index is -0.0000000800. The van der Waals surface area contributed by atoms with E-state index < -0.39 is 7.82 Å². The van der Waals surface area contributed by atoms with Crippen molar-refractivity contribution < 1.29 is 57.4 Å². The Morgan fingerprint density at radius 3 is 1.14 bits per heavy atom. The van der Waals surface area contributed by atoms with Crippen molar-refractivity contribution in [3.8, 4) is 0 Å². The van der Waals surface area contributed by atoms with Crippen LogP contribution in [0.1, 0.15) is 0 Å². The van der Waals surface area contributed by atoms with Crippen molar-refractivity contribution in [2.45, 2.75) is 0 Å². The first-order valence-electron chi connectivity index (χ1n) is 0.730. The van der Waals surface area contributed by atoms with Crippen LogP contribution in [0.3, 0.4) is 0 Å². The molecule has 0 saturated carbocycles. The van der Waals surface area contributed by atoms with E-state index in [9.17, 15) is 0 Å². The van der Waals surface area contributed by atoms with Gasteiger partial charge in [0.25, 0.3) is 0 Å². The molecule has 0 N–H and O–H groups in total. The van der Waals surface area contributed by atoms with Gasteiger partial charge in [0.15, 0.2) is 0 Å². The Morgan fingerprint density at radius 2 is 1.14 bits per heavy atom. The predicted molar refractivity (Wildman–Crippen MR) is 7.61 cm³/mol. The van der Waals surface area contributed by atoms with Gasteiger partial charge in [-0.3, -0.25) is 0 Å². The van der Waals surface area contributed by atoms with E-state index in [2.05, 4.69) is 0 Å². The van der Waals surface area contributed by atoms with Crippen LogP contribution in [0.2, 0.25) is 0 Å². The van der Waals surface area contributed by atoms with Gasteiger partial charge >= 0.3 is 17.1 Å². The minimum Gasteiger partial charge on any atom is -0.822 e. The fraction of sp³-hybridized carbons (Fsp3) is 0. The van der Waals surface area contributed by atoms with Gasteiger partial charge in [-0.25, -0.2) is 0 Å². The molecule has 0 aliphatic rings. The van der Waals surface area contributed by atoms with Crippen molar-refractivity contribution in [1.29, 1.82) is 0 Å². The summed E-state index contributed by atoms with van der Waals surface area (Å²) in [6.07, 6.45) is 0. The van der Waals surface area contributed by atoms with Crippen molar-refractivity contribution in [3.05, 3.63) is 0 Å². The fourth-order valence-electron chi connectivity index (χ4n) is 0. The summed E-state index contributed by atoms with van der Waals surface area (Å²) >= 11 is 0. The Morgan fingerprint density at radius 1 is 1.14 bits per heavy atom. The van der Waals surface area contributed by atoms with Crippen molar-refractivity contribution in [2.24, 2.45) is 0 Å².